The Morgan fingerprint density at radius 1 is 1.67 bits per heavy atom. The standard InChI is InChI=1S/CHNS.BrH.H3N.Na.H/c2-1-3;;;;/h3H;1H;1H3;;/q;;;+1;-1. The van der Waals surface area contributed by atoms with Crippen molar-refractivity contribution in [1.82, 2.24) is 6.15 Å². The molecule has 0 atom stereocenters. The minimum atomic E-state index is 0. The van der Waals surface area contributed by atoms with Gasteiger partial charge in [0.05, 0.1) is 0 Å². The van der Waals surface area contributed by atoms with E-state index >= 15 is 0 Å². The van der Waals surface area contributed by atoms with Crippen LogP contribution >= 0.6 is 29.6 Å². The number of hydrogen-bond donors (Lipinski definition) is 2. The molecule has 0 bridgehead atoms. The molecule has 0 aromatic heterocycles. The van der Waals surface area contributed by atoms with Gasteiger partial charge in [0.15, 0.2) is 0 Å². The van der Waals surface area contributed by atoms with Crippen LogP contribution in [0.3, 0.4) is 0 Å². The smallest absolute Gasteiger partial charge is 1.00 e. The van der Waals surface area contributed by atoms with Crippen LogP contribution in [-0.4, -0.2) is 0 Å². The maximum Gasteiger partial charge on any atom is 1.00 e. The van der Waals surface area contributed by atoms with Gasteiger partial charge < -0.3 is 7.58 Å². The van der Waals surface area contributed by atoms with E-state index in [0.29, 0.717) is 0 Å². The first-order valence-electron chi connectivity index (χ1n) is 0.447. The van der Waals surface area contributed by atoms with Gasteiger partial charge in [-0.2, -0.15) is 5.26 Å². The summed E-state index contributed by atoms with van der Waals surface area (Å²) < 4.78 is 0. The van der Waals surface area contributed by atoms with E-state index in [4.69, 9.17) is 5.26 Å². The van der Waals surface area contributed by atoms with E-state index in [1.54, 1.807) is 0 Å². The number of nitriles is 1. The summed E-state index contributed by atoms with van der Waals surface area (Å²) in [5, 5.41) is 8.63. The normalized spacial score (nSPS) is 1.33. The molecule has 34 valence electrons. The van der Waals surface area contributed by atoms with Gasteiger partial charge in [0.25, 0.3) is 0 Å². The summed E-state index contributed by atoms with van der Waals surface area (Å²) >= 11 is 3.09. The zero-order chi connectivity index (χ0) is 2.71. The van der Waals surface area contributed by atoms with Gasteiger partial charge in [-0.05, 0) is 0 Å². The van der Waals surface area contributed by atoms with Gasteiger partial charge in [-0.1, -0.05) is 12.6 Å². The zero-order valence-corrected chi connectivity index (χ0v) is 8.12. The van der Waals surface area contributed by atoms with Crippen molar-refractivity contribution in [3.05, 3.63) is 0 Å². The largest absolute Gasteiger partial charge is 1.00 e. The third-order valence-electron chi connectivity index (χ3n) is 0. The van der Waals surface area contributed by atoms with Crippen LogP contribution in [-0.2, 0) is 0 Å². The van der Waals surface area contributed by atoms with E-state index in [1.165, 1.54) is 5.40 Å². The molecule has 0 unspecified atom stereocenters. The molecule has 0 radical (unpaired) electrons. The van der Waals surface area contributed by atoms with Crippen molar-refractivity contribution in [2.45, 2.75) is 0 Å². The Bertz CT molecular complexity index is 39.2. The minimum absolute atomic E-state index is 0. The molecule has 2 nitrogen and oxygen atoms in total. The number of hydrogen-bond acceptors (Lipinski definition) is 3. The maximum absolute atomic E-state index is 7.18. The fourth-order valence-corrected chi connectivity index (χ4v) is 0. The molecule has 0 saturated carbocycles. The van der Waals surface area contributed by atoms with Crippen molar-refractivity contribution < 1.29 is 31.0 Å². The van der Waals surface area contributed by atoms with Crippen LogP contribution in [0, 0.1) is 10.7 Å². The number of halogens is 1. The Morgan fingerprint density at radius 3 is 1.67 bits per heavy atom. The molecule has 0 aromatic carbocycles. The van der Waals surface area contributed by atoms with Crippen LogP contribution in [0.25, 0.3) is 0 Å². The molecular weight excluding hydrogens is 175 g/mol. The summed E-state index contributed by atoms with van der Waals surface area (Å²) in [7, 11) is 0. The number of nitrogens with zero attached hydrogens (tertiary/aromatic N) is 1. The van der Waals surface area contributed by atoms with Crippen molar-refractivity contribution in [3.8, 4) is 5.40 Å². The SMILES string of the molecule is Br.N.N#CS.[H-].[Na+]. The van der Waals surface area contributed by atoms with E-state index in [1.807, 2.05) is 0 Å². The summed E-state index contributed by atoms with van der Waals surface area (Å²) in [6.45, 7) is 0. The second kappa shape index (κ2) is 33.7. The molecule has 0 spiro atoms. The zero-order valence-electron chi connectivity index (χ0n) is 4.51. The number of thiol groups is 1. The van der Waals surface area contributed by atoms with E-state index in [9.17, 15) is 0 Å². The number of thiocyanates is 1. The molecule has 0 aliphatic rings. The summed E-state index contributed by atoms with van der Waals surface area (Å²) in [5.41, 5.74) is 0. The van der Waals surface area contributed by atoms with Gasteiger partial charge in [-0.3, -0.25) is 0 Å². The van der Waals surface area contributed by atoms with Gasteiger partial charge in [-0.15, -0.1) is 17.0 Å². The molecule has 5 heteroatoms. The van der Waals surface area contributed by atoms with E-state index in [0.717, 1.165) is 0 Å². The van der Waals surface area contributed by atoms with Crippen LogP contribution in [0.5, 0.6) is 0 Å². The Balaban J connectivity index is -0.00000000333. The molecule has 0 fully saturated rings. The summed E-state index contributed by atoms with van der Waals surface area (Å²) in [6, 6.07) is 0. The minimum Gasteiger partial charge on any atom is -1.00 e. The van der Waals surface area contributed by atoms with Crippen molar-refractivity contribution in [1.29, 1.82) is 5.26 Å². The van der Waals surface area contributed by atoms with Gasteiger partial charge in [0, 0.05) is 0 Å². The summed E-state index contributed by atoms with van der Waals surface area (Å²) in [6.07, 6.45) is 0. The van der Waals surface area contributed by atoms with Crippen molar-refractivity contribution in [2.75, 3.05) is 0 Å². The second-order valence-electron chi connectivity index (χ2n) is 0.100. The van der Waals surface area contributed by atoms with Crippen LogP contribution < -0.4 is 35.7 Å². The molecule has 0 rings (SSSR count). The maximum atomic E-state index is 7.18. The second-order valence-corrected chi connectivity index (χ2v) is 0.300. The fraction of sp³-hybridized carbons (Fsp3) is 0. The molecular formula is CH6BrN2NaS. The molecule has 0 saturated heterocycles. The molecule has 0 aromatic rings. The third-order valence-corrected chi connectivity index (χ3v) is 0. The molecule has 3 N–H and O–H groups in total. The monoisotopic (exact) mass is 180 g/mol. The molecule has 0 aliphatic heterocycles. The summed E-state index contributed by atoms with van der Waals surface area (Å²) in [4.78, 5) is 0. The first-order chi connectivity index (χ1) is 1.41. The van der Waals surface area contributed by atoms with Crippen LogP contribution in [0.1, 0.15) is 1.43 Å². The van der Waals surface area contributed by atoms with Gasteiger partial charge in [0.1, 0.15) is 5.40 Å². The molecule has 0 heterocycles. The Kier molecular flexibility index (Phi) is 150. The van der Waals surface area contributed by atoms with Crippen LogP contribution in [0.15, 0.2) is 0 Å². The predicted octanol–water partition coefficient (Wildman–Crippen LogP) is -1.75. The van der Waals surface area contributed by atoms with Crippen LogP contribution in [0.4, 0.5) is 0 Å². The van der Waals surface area contributed by atoms with E-state index in [2.05, 4.69) is 12.6 Å². The quantitative estimate of drug-likeness (QED) is 0.264. The van der Waals surface area contributed by atoms with Crippen LogP contribution in [0.2, 0.25) is 0 Å². The molecule has 0 aliphatic carbocycles. The average Bonchev–Trinajstić information content (AvgIpc) is 0.918. The van der Waals surface area contributed by atoms with E-state index in [-0.39, 0.29) is 54.1 Å². The third kappa shape index (κ3) is 59.0. The van der Waals surface area contributed by atoms with Crippen molar-refractivity contribution in [3.63, 3.8) is 0 Å². The molecule has 6 heavy (non-hydrogen) atoms. The van der Waals surface area contributed by atoms with E-state index < -0.39 is 0 Å². The predicted molar refractivity (Wildman–Crippen MR) is 31.1 cm³/mol. The number of rotatable bonds is 0. The Morgan fingerprint density at radius 2 is 1.67 bits per heavy atom. The fourth-order valence-electron chi connectivity index (χ4n) is 0. The topological polar surface area (TPSA) is 58.8 Å². The molecule has 0 amide bonds. The Hall–Kier alpha value is 1.28. The first kappa shape index (κ1) is 26.7. The van der Waals surface area contributed by atoms with Gasteiger partial charge >= 0.3 is 29.6 Å². The van der Waals surface area contributed by atoms with Crippen molar-refractivity contribution >= 4 is 29.6 Å². The summed E-state index contributed by atoms with van der Waals surface area (Å²) in [5.74, 6) is 0. The van der Waals surface area contributed by atoms with Gasteiger partial charge in [0.2, 0.25) is 0 Å². The van der Waals surface area contributed by atoms with Gasteiger partial charge in [-0.25, -0.2) is 0 Å². The first-order valence-corrected chi connectivity index (χ1v) is 0.894. The van der Waals surface area contributed by atoms with Crippen molar-refractivity contribution in [2.24, 2.45) is 0 Å². The average molecular weight is 181 g/mol. The Labute approximate surface area is 76.8 Å².